The van der Waals surface area contributed by atoms with E-state index < -0.39 is 21.5 Å². The Balaban J connectivity index is 2.71. The second-order valence-electron chi connectivity index (χ2n) is 3.87. The Labute approximate surface area is 102 Å². The maximum atomic E-state index is 12.3. The average molecular weight is 290 g/mol. The van der Waals surface area contributed by atoms with Crippen molar-refractivity contribution >= 4 is 16.0 Å². The molecule has 106 valence electrons. The molecule has 1 aliphatic heterocycles. The maximum absolute atomic E-state index is 12.3. The molecule has 10 heteroatoms. The number of aliphatic carboxylic acids is 1. The molecule has 1 heterocycles. The molecule has 0 aliphatic carbocycles. The van der Waals surface area contributed by atoms with E-state index in [1.807, 2.05) is 0 Å². The average Bonchev–Trinajstić information content (AvgIpc) is 2.40. The number of carboxylic acid groups (broad SMARTS) is 1. The first-order valence-electron chi connectivity index (χ1n) is 5.15. The van der Waals surface area contributed by atoms with Gasteiger partial charge in [0.2, 0.25) is 0 Å². The van der Waals surface area contributed by atoms with Gasteiger partial charge in [0, 0.05) is 26.2 Å². The summed E-state index contributed by atoms with van der Waals surface area (Å²) in [5, 5.41) is 8.56. The predicted molar refractivity (Wildman–Crippen MR) is 55.2 cm³/mol. The van der Waals surface area contributed by atoms with Crippen molar-refractivity contribution in [2.45, 2.75) is 11.9 Å². The molecule has 1 rings (SSSR count). The van der Waals surface area contributed by atoms with Crippen molar-refractivity contribution in [1.82, 2.24) is 9.21 Å². The van der Waals surface area contributed by atoms with Gasteiger partial charge in [-0.3, -0.25) is 9.69 Å². The lowest BCUT2D eigenvalue weighted by molar-refractivity contribution is -0.138. The Morgan fingerprint density at radius 1 is 1.17 bits per heavy atom. The van der Waals surface area contributed by atoms with Crippen LogP contribution in [0.1, 0.15) is 6.42 Å². The van der Waals surface area contributed by atoms with Gasteiger partial charge < -0.3 is 5.11 Å². The largest absolute Gasteiger partial charge is 0.511 e. The van der Waals surface area contributed by atoms with Gasteiger partial charge in [-0.05, 0) is 6.42 Å². The number of rotatable bonds is 3. The number of hydrogen-bond donors (Lipinski definition) is 1. The molecule has 0 aromatic carbocycles. The van der Waals surface area contributed by atoms with Gasteiger partial charge >= 0.3 is 21.5 Å². The monoisotopic (exact) mass is 290 g/mol. The zero-order chi connectivity index (χ0) is 14.0. The van der Waals surface area contributed by atoms with Gasteiger partial charge in [0.25, 0.3) is 0 Å². The van der Waals surface area contributed by atoms with Crippen molar-refractivity contribution in [3.8, 4) is 0 Å². The molecule has 0 unspecified atom stereocenters. The van der Waals surface area contributed by atoms with Crippen LogP contribution in [0.2, 0.25) is 0 Å². The molecule has 0 aromatic rings. The van der Waals surface area contributed by atoms with Crippen molar-refractivity contribution in [1.29, 1.82) is 0 Å². The lowest BCUT2D eigenvalue weighted by atomic mass is 10.4. The molecule has 6 nitrogen and oxygen atoms in total. The summed E-state index contributed by atoms with van der Waals surface area (Å²) in [6, 6.07) is 0. The Morgan fingerprint density at radius 3 is 2.28 bits per heavy atom. The molecule has 0 aromatic heterocycles. The van der Waals surface area contributed by atoms with E-state index in [-0.39, 0.29) is 39.1 Å². The van der Waals surface area contributed by atoms with E-state index in [0.717, 1.165) is 0 Å². The van der Waals surface area contributed by atoms with E-state index in [2.05, 4.69) is 0 Å². The number of sulfonamides is 1. The van der Waals surface area contributed by atoms with Crippen molar-refractivity contribution in [2.75, 3.05) is 32.7 Å². The topological polar surface area (TPSA) is 77.9 Å². The SMILES string of the molecule is O=C(O)CN1CCCN(S(=O)(=O)C(F)(F)F)CC1. The molecule has 18 heavy (non-hydrogen) atoms. The van der Waals surface area contributed by atoms with Gasteiger partial charge in [-0.15, -0.1) is 0 Å². The number of hydrogen-bond acceptors (Lipinski definition) is 4. The van der Waals surface area contributed by atoms with Crippen LogP contribution in [0.4, 0.5) is 13.2 Å². The minimum atomic E-state index is -5.32. The highest BCUT2D eigenvalue weighted by molar-refractivity contribution is 7.90. The summed E-state index contributed by atoms with van der Waals surface area (Å²) in [5.74, 6) is -1.10. The fourth-order valence-corrected chi connectivity index (χ4v) is 2.67. The van der Waals surface area contributed by atoms with Gasteiger partial charge in [-0.1, -0.05) is 0 Å². The third kappa shape index (κ3) is 3.56. The Bertz CT molecular complexity index is 409. The van der Waals surface area contributed by atoms with Gasteiger partial charge in [-0.2, -0.15) is 17.5 Å². The van der Waals surface area contributed by atoms with Crippen LogP contribution in [-0.2, 0) is 14.8 Å². The van der Waals surface area contributed by atoms with Crippen molar-refractivity contribution in [2.24, 2.45) is 0 Å². The van der Waals surface area contributed by atoms with E-state index >= 15 is 0 Å². The van der Waals surface area contributed by atoms with E-state index in [1.54, 1.807) is 0 Å². The van der Waals surface area contributed by atoms with Crippen molar-refractivity contribution < 1.29 is 31.5 Å². The molecule has 1 fully saturated rings. The highest BCUT2D eigenvalue weighted by Crippen LogP contribution is 2.27. The Morgan fingerprint density at radius 2 is 1.78 bits per heavy atom. The van der Waals surface area contributed by atoms with Crippen LogP contribution in [0.3, 0.4) is 0 Å². The molecule has 1 aliphatic rings. The van der Waals surface area contributed by atoms with Crippen molar-refractivity contribution in [3.63, 3.8) is 0 Å². The molecule has 0 radical (unpaired) electrons. The first-order chi connectivity index (χ1) is 8.14. The summed E-state index contributed by atoms with van der Waals surface area (Å²) in [4.78, 5) is 11.9. The fraction of sp³-hybridized carbons (Fsp3) is 0.875. The van der Waals surface area contributed by atoms with Crippen LogP contribution in [0, 0.1) is 0 Å². The third-order valence-electron chi connectivity index (χ3n) is 2.54. The van der Waals surface area contributed by atoms with Crippen LogP contribution in [-0.4, -0.2) is 66.9 Å². The number of alkyl halides is 3. The molecule has 0 atom stereocenters. The summed E-state index contributed by atoms with van der Waals surface area (Å²) in [6.07, 6.45) is 0.169. The van der Waals surface area contributed by atoms with Gasteiger partial charge in [-0.25, -0.2) is 8.42 Å². The second kappa shape index (κ2) is 5.41. The maximum Gasteiger partial charge on any atom is 0.511 e. The smallest absolute Gasteiger partial charge is 0.480 e. The predicted octanol–water partition coefficient (Wildman–Crippen LogP) is -0.0717. The van der Waals surface area contributed by atoms with Gasteiger partial charge in [0.05, 0.1) is 6.54 Å². The molecular formula is C8H13F3N2O4S. The van der Waals surface area contributed by atoms with Crippen LogP contribution < -0.4 is 0 Å². The van der Waals surface area contributed by atoms with Crippen LogP contribution in [0.5, 0.6) is 0 Å². The Hall–Kier alpha value is -0.870. The summed E-state index contributed by atoms with van der Waals surface area (Å²) in [7, 11) is -5.32. The van der Waals surface area contributed by atoms with E-state index in [4.69, 9.17) is 5.11 Å². The highest BCUT2D eigenvalue weighted by Gasteiger charge is 2.49. The summed E-state index contributed by atoms with van der Waals surface area (Å²) in [6.45, 7) is -0.676. The minimum absolute atomic E-state index is 0.0262. The molecule has 0 bridgehead atoms. The lowest BCUT2D eigenvalue weighted by Gasteiger charge is -2.21. The number of carbonyl (C=O) groups is 1. The summed E-state index contributed by atoms with van der Waals surface area (Å²) < 4.78 is 59.6. The molecule has 0 amide bonds. The standard InChI is InChI=1S/C8H13F3N2O4S/c9-8(10,11)18(16,17)13-3-1-2-12(4-5-13)6-7(14)15/h1-6H2,(H,14,15). The Kier molecular flexibility index (Phi) is 4.56. The van der Waals surface area contributed by atoms with Crippen LogP contribution >= 0.6 is 0 Å². The zero-order valence-corrected chi connectivity index (χ0v) is 10.2. The molecule has 0 spiro atoms. The number of nitrogens with zero attached hydrogens (tertiary/aromatic N) is 2. The molecule has 1 saturated heterocycles. The first kappa shape index (κ1) is 15.2. The quantitative estimate of drug-likeness (QED) is 0.787. The number of halogens is 3. The minimum Gasteiger partial charge on any atom is -0.480 e. The van der Waals surface area contributed by atoms with E-state index in [1.165, 1.54) is 4.90 Å². The van der Waals surface area contributed by atoms with Crippen LogP contribution in [0.15, 0.2) is 0 Å². The molecular weight excluding hydrogens is 277 g/mol. The highest BCUT2D eigenvalue weighted by atomic mass is 32.2. The first-order valence-corrected chi connectivity index (χ1v) is 6.59. The summed E-state index contributed by atoms with van der Waals surface area (Å²) in [5.41, 5.74) is -5.31. The zero-order valence-electron chi connectivity index (χ0n) is 9.35. The van der Waals surface area contributed by atoms with Crippen molar-refractivity contribution in [3.05, 3.63) is 0 Å². The van der Waals surface area contributed by atoms with E-state index in [0.29, 0.717) is 4.31 Å². The molecule has 1 N–H and O–H groups in total. The van der Waals surface area contributed by atoms with Crippen LogP contribution in [0.25, 0.3) is 0 Å². The third-order valence-corrected chi connectivity index (χ3v) is 4.17. The fourth-order valence-electron chi connectivity index (χ4n) is 1.68. The second-order valence-corrected chi connectivity index (χ2v) is 5.80. The van der Waals surface area contributed by atoms with E-state index in [9.17, 15) is 26.4 Å². The summed E-state index contributed by atoms with van der Waals surface area (Å²) >= 11 is 0. The van der Waals surface area contributed by atoms with Gasteiger partial charge in [0.1, 0.15) is 0 Å². The van der Waals surface area contributed by atoms with Gasteiger partial charge in [0.15, 0.2) is 0 Å². The number of carboxylic acids is 1. The lowest BCUT2D eigenvalue weighted by Crippen LogP contribution is -2.42. The molecule has 0 saturated carbocycles. The normalized spacial score (nSPS) is 20.6.